The van der Waals surface area contributed by atoms with Crippen molar-refractivity contribution in [1.82, 2.24) is 0 Å². The maximum Gasteiger partial charge on any atom is 0.315 e. The van der Waals surface area contributed by atoms with Gasteiger partial charge in [0.05, 0.1) is 13.1 Å². The van der Waals surface area contributed by atoms with E-state index in [1.54, 1.807) is 11.1 Å². The molecule has 164 valence electrons. The van der Waals surface area contributed by atoms with E-state index >= 15 is 0 Å². The van der Waals surface area contributed by atoms with Crippen molar-refractivity contribution >= 4 is 5.97 Å². The maximum atomic E-state index is 12.9. The molecule has 0 aromatic heterocycles. The maximum absolute atomic E-state index is 12.9. The van der Waals surface area contributed by atoms with Gasteiger partial charge in [-0.05, 0) is 63.9 Å². The molecule has 6 atom stereocenters. The Labute approximate surface area is 181 Å². The number of esters is 1. The molecule has 2 N–H and O–H groups in total. The Morgan fingerprint density at radius 1 is 1.30 bits per heavy atom. The number of rotatable bonds is 6. The second kappa shape index (κ2) is 8.12. The number of carbonyl (C=O) groups excluding carboxylic acids is 1. The van der Waals surface area contributed by atoms with Crippen LogP contribution in [0.1, 0.15) is 65.4 Å². The van der Waals surface area contributed by atoms with Crippen LogP contribution < -0.4 is 4.90 Å². The van der Waals surface area contributed by atoms with Crippen molar-refractivity contribution in [3.8, 4) is 0 Å². The van der Waals surface area contributed by atoms with Gasteiger partial charge in [0.2, 0.25) is 0 Å². The molecule has 4 heteroatoms. The summed E-state index contributed by atoms with van der Waals surface area (Å²) in [6.07, 6.45) is 5.73. The fourth-order valence-corrected chi connectivity index (χ4v) is 6.38. The normalized spacial score (nSPS) is 34.0. The van der Waals surface area contributed by atoms with E-state index in [-0.39, 0.29) is 29.3 Å². The third kappa shape index (κ3) is 3.97. The van der Waals surface area contributed by atoms with E-state index in [0.29, 0.717) is 6.54 Å². The predicted molar refractivity (Wildman–Crippen MR) is 118 cm³/mol. The van der Waals surface area contributed by atoms with Gasteiger partial charge in [-0.1, -0.05) is 48.4 Å². The van der Waals surface area contributed by atoms with Gasteiger partial charge < -0.3 is 14.7 Å². The van der Waals surface area contributed by atoms with Crippen LogP contribution in [0.3, 0.4) is 0 Å². The molecule has 1 aliphatic heterocycles. The van der Waals surface area contributed by atoms with Crippen LogP contribution in [0.25, 0.3) is 0 Å². The van der Waals surface area contributed by atoms with Gasteiger partial charge in [-0.25, -0.2) is 0 Å². The molecular formula is C26H38NO3+. The van der Waals surface area contributed by atoms with E-state index in [4.69, 9.17) is 4.74 Å². The van der Waals surface area contributed by atoms with E-state index in [2.05, 4.69) is 20.8 Å². The molecule has 2 aliphatic carbocycles. The summed E-state index contributed by atoms with van der Waals surface area (Å²) < 4.78 is 5.95. The number of allylic oxidation sites excluding steroid dienone is 2. The highest BCUT2D eigenvalue weighted by atomic mass is 16.6. The quantitative estimate of drug-likeness (QED) is 0.557. The summed E-state index contributed by atoms with van der Waals surface area (Å²) in [4.78, 5) is 14.2. The first-order chi connectivity index (χ1) is 14.2. The van der Waals surface area contributed by atoms with Crippen molar-refractivity contribution in [1.29, 1.82) is 0 Å². The van der Waals surface area contributed by atoms with Gasteiger partial charge in [-0.3, -0.25) is 4.79 Å². The van der Waals surface area contributed by atoms with Crippen molar-refractivity contribution in [2.45, 2.75) is 71.5 Å². The molecule has 0 bridgehead atoms. The highest BCUT2D eigenvalue weighted by molar-refractivity contribution is 5.75. The summed E-state index contributed by atoms with van der Waals surface area (Å²) in [7, 11) is 0. The second-order valence-electron chi connectivity index (χ2n) is 10.5. The standard InChI is InChI=1S/C26H37NO3/c1-5-27(17-26(4,29)19-11-7-6-8-12-19)16-21-20-14-22-18(2)10-9-13-25(22,3)15-23(20)30-24(21)28/h6-8,11-12,20-21,23,29H,5,9-10,13-17H2,1-4H3/p+1/t20-,21-,23-,25-,26-/m1/s1. The van der Waals surface area contributed by atoms with Gasteiger partial charge >= 0.3 is 5.97 Å². The predicted octanol–water partition coefficient (Wildman–Crippen LogP) is 3.26. The highest BCUT2D eigenvalue weighted by Crippen LogP contribution is 2.54. The molecule has 1 saturated carbocycles. The van der Waals surface area contributed by atoms with E-state index in [1.807, 2.05) is 37.3 Å². The van der Waals surface area contributed by atoms with E-state index in [9.17, 15) is 9.90 Å². The smallest absolute Gasteiger partial charge is 0.315 e. The van der Waals surface area contributed by atoms with E-state index in [1.165, 1.54) is 24.2 Å². The number of hydrogen-bond acceptors (Lipinski definition) is 3. The molecule has 30 heavy (non-hydrogen) atoms. The van der Waals surface area contributed by atoms with Crippen LogP contribution in [0.5, 0.6) is 0 Å². The van der Waals surface area contributed by atoms with Gasteiger partial charge in [0.1, 0.15) is 24.2 Å². The summed E-state index contributed by atoms with van der Waals surface area (Å²) in [6, 6.07) is 9.86. The minimum absolute atomic E-state index is 0.0178. The largest absolute Gasteiger partial charge is 0.462 e. The van der Waals surface area contributed by atoms with Crippen molar-refractivity contribution in [3.05, 3.63) is 47.0 Å². The van der Waals surface area contributed by atoms with Crippen LogP contribution >= 0.6 is 0 Å². The molecule has 4 nitrogen and oxygen atoms in total. The number of nitrogens with one attached hydrogen (secondary N) is 1. The molecule has 1 saturated heterocycles. The zero-order valence-electron chi connectivity index (χ0n) is 19.0. The minimum atomic E-state index is -0.915. The van der Waals surface area contributed by atoms with Gasteiger partial charge in [0, 0.05) is 5.92 Å². The summed E-state index contributed by atoms with van der Waals surface area (Å²) in [5.74, 6) is 0.205. The number of carbonyl (C=O) groups is 1. The molecule has 3 aliphatic rings. The Hall–Kier alpha value is -1.65. The molecule has 4 rings (SSSR count). The number of benzene rings is 1. The third-order valence-corrected chi connectivity index (χ3v) is 8.18. The van der Waals surface area contributed by atoms with Crippen LogP contribution in [0, 0.1) is 17.3 Å². The lowest BCUT2D eigenvalue weighted by Crippen LogP contribution is -3.14. The summed E-state index contributed by atoms with van der Waals surface area (Å²) in [5.41, 5.74) is 3.38. The SMILES string of the molecule is CC[NH+](C[C@H]1C(=O)O[C@@H]2C[C@@]3(C)CCCC(C)=C3C[C@@H]21)C[C@@](C)(O)c1ccccc1. The Bertz CT molecular complexity index is 815. The minimum Gasteiger partial charge on any atom is -0.462 e. The molecule has 1 unspecified atom stereocenters. The molecular weight excluding hydrogens is 374 g/mol. The fraction of sp³-hybridized carbons (Fsp3) is 0.654. The number of hydrogen-bond donors (Lipinski definition) is 2. The summed E-state index contributed by atoms with van der Waals surface area (Å²) in [6.45, 7) is 10.9. The zero-order valence-corrected chi connectivity index (χ0v) is 19.0. The number of aliphatic hydroxyl groups is 1. The first-order valence-electron chi connectivity index (χ1n) is 11.7. The Morgan fingerprint density at radius 3 is 2.73 bits per heavy atom. The molecule has 1 aromatic carbocycles. The lowest BCUT2D eigenvalue weighted by molar-refractivity contribution is -0.908. The molecule has 1 heterocycles. The van der Waals surface area contributed by atoms with Crippen LogP contribution in [-0.2, 0) is 15.1 Å². The van der Waals surface area contributed by atoms with Gasteiger partial charge in [-0.2, -0.15) is 0 Å². The van der Waals surface area contributed by atoms with Crippen LogP contribution in [-0.4, -0.2) is 36.8 Å². The monoisotopic (exact) mass is 412 g/mol. The molecule has 0 radical (unpaired) electrons. The van der Waals surface area contributed by atoms with Crippen molar-refractivity contribution < 1.29 is 19.5 Å². The Morgan fingerprint density at radius 2 is 2.03 bits per heavy atom. The number of fused-ring (bicyclic) bond motifs is 2. The number of quaternary nitrogens is 1. The lowest BCUT2D eigenvalue weighted by atomic mass is 9.59. The first-order valence-corrected chi connectivity index (χ1v) is 11.7. The second-order valence-corrected chi connectivity index (χ2v) is 10.5. The van der Waals surface area contributed by atoms with Gasteiger partial charge in [-0.15, -0.1) is 0 Å². The zero-order chi connectivity index (χ0) is 21.5. The van der Waals surface area contributed by atoms with Gasteiger partial charge in [0.15, 0.2) is 0 Å². The molecule has 1 aromatic rings. The van der Waals surface area contributed by atoms with Crippen LogP contribution in [0.4, 0.5) is 0 Å². The molecule has 0 amide bonds. The first kappa shape index (κ1) is 21.6. The average molecular weight is 413 g/mol. The summed E-state index contributed by atoms with van der Waals surface area (Å²) >= 11 is 0. The van der Waals surface area contributed by atoms with Crippen LogP contribution in [0.2, 0.25) is 0 Å². The average Bonchev–Trinajstić information content (AvgIpc) is 3.00. The number of likely N-dealkylation sites (N-methyl/N-ethyl adjacent to an activating group) is 1. The van der Waals surface area contributed by atoms with Crippen molar-refractivity contribution in [2.75, 3.05) is 19.6 Å². The van der Waals surface area contributed by atoms with Crippen LogP contribution in [0.15, 0.2) is 41.5 Å². The summed E-state index contributed by atoms with van der Waals surface area (Å²) in [5, 5.41) is 11.1. The van der Waals surface area contributed by atoms with E-state index in [0.717, 1.165) is 31.5 Å². The van der Waals surface area contributed by atoms with E-state index < -0.39 is 5.60 Å². The van der Waals surface area contributed by atoms with Gasteiger partial charge in [0.25, 0.3) is 0 Å². The Balaban J connectivity index is 1.50. The van der Waals surface area contributed by atoms with Crippen molar-refractivity contribution in [2.24, 2.45) is 17.3 Å². The molecule has 0 spiro atoms. The highest BCUT2D eigenvalue weighted by Gasteiger charge is 2.54. The fourth-order valence-electron chi connectivity index (χ4n) is 6.38. The topological polar surface area (TPSA) is 51.0 Å². The number of ether oxygens (including phenoxy) is 1. The molecule has 2 fully saturated rings. The Kier molecular flexibility index (Phi) is 5.84. The third-order valence-electron chi connectivity index (χ3n) is 8.18. The van der Waals surface area contributed by atoms with Crippen molar-refractivity contribution in [3.63, 3.8) is 0 Å². The lowest BCUT2D eigenvalue weighted by Gasteiger charge is -2.45.